The first-order chi connectivity index (χ1) is 10.0. The van der Waals surface area contributed by atoms with Gasteiger partial charge in [-0.1, -0.05) is 40.2 Å². The minimum atomic E-state index is 0.0719. The van der Waals surface area contributed by atoms with Gasteiger partial charge in [0.2, 0.25) is 0 Å². The predicted octanol–water partition coefficient (Wildman–Crippen LogP) is 3.82. The van der Waals surface area contributed by atoms with Crippen molar-refractivity contribution in [2.24, 2.45) is 5.84 Å². The summed E-state index contributed by atoms with van der Waals surface area (Å²) in [6.45, 7) is 4.19. The summed E-state index contributed by atoms with van der Waals surface area (Å²) < 4.78 is 6.43. The number of aryl methyl sites for hydroxylation is 2. The van der Waals surface area contributed by atoms with E-state index in [0.29, 0.717) is 0 Å². The third-order valence-corrected chi connectivity index (χ3v) is 4.89. The smallest absolute Gasteiger partial charge is 0.119 e. The van der Waals surface area contributed by atoms with Crippen LogP contribution in [0.5, 0.6) is 5.75 Å². The van der Waals surface area contributed by atoms with Crippen LogP contribution in [0.25, 0.3) is 0 Å². The van der Waals surface area contributed by atoms with E-state index in [2.05, 4.69) is 53.4 Å². The number of benzene rings is 2. The molecule has 0 fully saturated rings. The largest absolute Gasteiger partial charge is 0.497 e. The second kappa shape index (κ2) is 7.07. The van der Waals surface area contributed by atoms with Gasteiger partial charge < -0.3 is 4.74 Å². The van der Waals surface area contributed by atoms with Crippen molar-refractivity contribution in [2.45, 2.75) is 26.3 Å². The van der Waals surface area contributed by atoms with Gasteiger partial charge in [0.25, 0.3) is 0 Å². The Balaban J connectivity index is 2.27. The third kappa shape index (κ3) is 3.84. The van der Waals surface area contributed by atoms with E-state index in [1.165, 1.54) is 22.3 Å². The van der Waals surface area contributed by atoms with E-state index in [9.17, 15) is 0 Å². The first-order valence-electron chi connectivity index (χ1n) is 6.91. The molecule has 3 nitrogen and oxygen atoms in total. The van der Waals surface area contributed by atoms with E-state index in [-0.39, 0.29) is 6.04 Å². The maximum atomic E-state index is 5.77. The maximum absolute atomic E-state index is 5.77. The molecule has 0 aliphatic carbocycles. The minimum Gasteiger partial charge on any atom is -0.497 e. The SMILES string of the molecule is COc1cccc(CC(NN)c2cc(C)c(Br)c(C)c2)c1. The van der Waals surface area contributed by atoms with Crippen LogP contribution in [0.2, 0.25) is 0 Å². The van der Waals surface area contributed by atoms with Gasteiger partial charge in [0.15, 0.2) is 0 Å². The van der Waals surface area contributed by atoms with Gasteiger partial charge in [-0.05, 0) is 54.7 Å². The molecular formula is C17H21BrN2O. The summed E-state index contributed by atoms with van der Waals surface area (Å²) in [5.41, 5.74) is 7.74. The Kier molecular flexibility index (Phi) is 5.39. The molecule has 3 N–H and O–H groups in total. The number of hydrazine groups is 1. The molecule has 2 aromatic rings. The van der Waals surface area contributed by atoms with Gasteiger partial charge in [0.1, 0.15) is 5.75 Å². The van der Waals surface area contributed by atoms with Gasteiger partial charge in [-0.3, -0.25) is 11.3 Å². The summed E-state index contributed by atoms with van der Waals surface area (Å²) in [6.07, 6.45) is 0.814. The van der Waals surface area contributed by atoms with Gasteiger partial charge >= 0.3 is 0 Å². The quantitative estimate of drug-likeness (QED) is 0.637. The molecule has 0 aromatic heterocycles. The van der Waals surface area contributed by atoms with Gasteiger partial charge in [0, 0.05) is 4.47 Å². The van der Waals surface area contributed by atoms with Crippen LogP contribution in [0, 0.1) is 13.8 Å². The normalized spacial score (nSPS) is 12.2. The molecule has 112 valence electrons. The number of hydrogen-bond donors (Lipinski definition) is 2. The molecule has 0 amide bonds. The minimum absolute atomic E-state index is 0.0719. The van der Waals surface area contributed by atoms with E-state index < -0.39 is 0 Å². The second-order valence-corrected chi connectivity index (χ2v) is 6.04. The molecular weight excluding hydrogens is 328 g/mol. The van der Waals surface area contributed by atoms with Crippen LogP contribution in [-0.4, -0.2) is 7.11 Å². The van der Waals surface area contributed by atoms with Crippen molar-refractivity contribution in [2.75, 3.05) is 7.11 Å². The lowest BCUT2D eigenvalue weighted by atomic mass is 9.96. The zero-order chi connectivity index (χ0) is 15.4. The van der Waals surface area contributed by atoms with Gasteiger partial charge in [0.05, 0.1) is 13.2 Å². The number of methoxy groups -OCH3 is 1. The van der Waals surface area contributed by atoms with Crippen molar-refractivity contribution in [1.29, 1.82) is 0 Å². The number of nitrogens with one attached hydrogen (secondary N) is 1. The second-order valence-electron chi connectivity index (χ2n) is 5.24. The Bertz CT molecular complexity index is 605. The number of ether oxygens (including phenoxy) is 1. The lowest BCUT2D eigenvalue weighted by Crippen LogP contribution is -2.29. The van der Waals surface area contributed by atoms with Crippen LogP contribution in [-0.2, 0) is 6.42 Å². The van der Waals surface area contributed by atoms with Crippen LogP contribution in [0.4, 0.5) is 0 Å². The van der Waals surface area contributed by atoms with Crippen LogP contribution < -0.4 is 16.0 Å². The van der Waals surface area contributed by atoms with Crippen molar-refractivity contribution >= 4 is 15.9 Å². The zero-order valence-electron chi connectivity index (χ0n) is 12.6. The lowest BCUT2D eigenvalue weighted by molar-refractivity contribution is 0.414. The highest BCUT2D eigenvalue weighted by atomic mass is 79.9. The Morgan fingerprint density at radius 3 is 2.43 bits per heavy atom. The number of hydrogen-bond acceptors (Lipinski definition) is 3. The summed E-state index contributed by atoms with van der Waals surface area (Å²) in [7, 11) is 1.68. The molecule has 0 aliphatic heterocycles. The van der Waals surface area contributed by atoms with E-state index in [1.54, 1.807) is 7.11 Å². The summed E-state index contributed by atoms with van der Waals surface area (Å²) in [5, 5.41) is 0. The fraction of sp³-hybridized carbons (Fsp3) is 0.294. The monoisotopic (exact) mass is 348 g/mol. The highest BCUT2D eigenvalue weighted by Gasteiger charge is 2.13. The molecule has 1 atom stereocenters. The molecule has 0 saturated carbocycles. The molecule has 0 radical (unpaired) electrons. The van der Waals surface area contributed by atoms with Gasteiger partial charge in [-0.2, -0.15) is 0 Å². The molecule has 4 heteroatoms. The summed E-state index contributed by atoms with van der Waals surface area (Å²) in [6, 6.07) is 12.5. The van der Waals surface area contributed by atoms with Crippen LogP contribution in [0.15, 0.2) is 40.9 Å². The summed E-state index contributed by atoms with van der Waals surface area (Å²) >= 11 is 3.60. The van der Waals surface area contributed by atoms with Crippen LogP contribution in [0.3, 0.4) is 0 Å². The molecule has 1 unspecified atom stereocenters. The van der Waals surface area contributed by atoms with E-state index in [4.69, 9.17) is 10.6 Å². The van der Waals surface area contributed by atoms with Crippen LogP contribution >= 0.6 is 15.9 Å². The van der Waals surface area contributed by atoms with Crippen molar-refractivity contribution in [1.82, 2.24) is 5.43 Å². The molecule has 0 saturated heterocycles. The third-order valence-electron chi connectivity index (χ3n) is 3.64. The van der Waals surface area contributed by atoms with Crippen molar-refractivity contribution in [3.63, 3.8) is 0 Å². The fourth-order valence-electron chi connectivity index (χ4n) is 2.49. The Morgan fingerprint density at radius 1 is 1.19 bits per heavy atom. The molecule has 2 rings (SSSR count). The van der Waals surface area contributed by atoms with Crippen LogP contribution in [0.1, 0.15) is 28.3 Å². The lowest BCUT2D eigenvalue weighted by Gasteiger charge is -2.19. The first kappa shape index (κ1) is 16.0. The number of nitrogens with two attached hydrogens (primary N) is 1. The highest BCUT2D eigenvalue weighted by Crippen LogP contribution is 2.27. The average molecular weight is 349 g/mol. The van der Waals surface area contributed by atoms with Crippen molar-refractivity contribution in [3.05, 3.63) is 63.1 Å². The standard InChI is InChI=1S/C17H21BrN2O/c1-11-7-14(8-12(2)17(11)18)16(20-19)10-13-5-4-6-15(9-13)21-3/h4-9,16,20H,10,19H2,1-3H3. The molecule has 2 aromatic carbocycles. The summed E-state index contributed by atoms with van der Waals surface area (Å²) in [5.74, 6) is 6.64. The first-order valence-corrected chi connectivity index (χ1v) is 7.70. The fourth-order valence-corrected chi connectivity index (χ4v) is 2.72. The molecule has 0 spiro atoms. The van der Waals surface area contributed by atoms with Gasteiger partial charge in [-0.15, -0.1) is 0 Å². The number of halogens is 1. The summed E-state index contributed by atoms with van der Waals surface area (Å²) in [4.78, 5) is 0. The van der Waals surface area contributed by atoms with E-state index >= 15 is 0 Å². The molecule has 0 aliphatic rings. The average Bonchev–Trinajstić information content (AvgIpc) is 2.50. The topological polar surface area (TPSA) is 47.3 Å². The van der Waals surface area contributed by atoms with E-state index in [0.717, 1.165) is 16.6 Å². The predicted molar refractivity (Wildman–Crippen MR) is 90.4 cm³/mol. The molecule has 21 heavy (non-hydrogen) atoms. The highest BCUT2D eigenvalue weighted by molar-refractivity contribution is 9.10. The number of rotatable bonds is 5. The van der Waals surface area contributed by atoms with Gasteiger partial charge in [-0.25, -0.2) is 0 Å². The van der Waals surface area contributed by atoms with Crippen molar-refractivity contribution in [3.8, 4) is 5.75 Å². The zero-order valence-corrected chi connectivity index (χ0v) is 14.2. The van der Waals surface area contributed by atoms with E-state index in [1.807, 2.05) is 18.2 Å². The Morgan fingerprint density at radius 2 is 1.86 bits per heavy atom. The maximum Gasteiger partial charge on any atom is 0.119 e. The van der Waals surface area contributed by atoms with Crippen molar-refractivity contribution < 1.29 is 4.74 Å². The Labute approximate surface area is 134 Å². The molecule has 0 heterocycles. The Hall–Kier alpha value is -1.36. The molecule has 0 bridgehead atoms.